The number of aryl methyl sites for hydroxylation is 3. The van der Waals surface area contributed by atoms with E-state index in [-0.39, 0.29) is 0 Å². The van der Waals surface area contributed by atoms with Crippen LogP contribution in [0.4, 0.5) is 13.2 Å². The molecule has 1 heterocycles. The van der Waals surface area contributed by atoms with Crippen molar-refractivity contribution in [1.82, 2.24) is 0 Å². The van der Waals surface area contributed by atoms with Crippen LogP contribution < -0.4 is 4.57 Å². The maximum absolute atomic E-state index is 10.7. The minimum Gasteiger partial charge on any atom is -0.741 e. The van der Waals surface area contributed by atoms with E-state index < -0.39 is 15.6 Å². The first kappa shape index (κ1) is 19.9. The van der Waals surface area contributed by atoms with Crippen LogP contribution in [-0.2, 0) is 16.7 Å². The molecule has 21 heavy (non-hydrogen) atoms. The Morgan fingerprint density at radius 2 is 1.52 bits per heavy atom. The highest BCUT2D eigenvalue weighted by molar-refractivity contribution is 7.86. The zero-order valence-electron chi connectivity index (χ0n) is 12.5. The second-order valence-corrected chi connectivity index (χ2v) is 6.09. The van der Waals surface area contributed by atoms with Gasteiger partial charge in [0.1, 0.15) is 6.54 Å². The van der Waals surface area contributed by atoms with Crippen LogP contribution in [0.15, 0.2) is 12.1 Å². The Bertz CT molecular complexity index is 546. The minimum atomic E-state index is -6.09. The topological polar surface area (TPSA) is 61.1 Å². The Hall–Kier alpha value is -1.15. The van der Waals surface area contributed by atoms with Crippen molar-refractivity contribution < 1.29 is 30.7 Å². The summed E-state index contributed by atoms with van der Waals surface area (Å²) in [6.07, 6.45) is 2.54. The van der Waals surface area contributed by atoms with Gasteiger partial charge in [0.05, 0.1) is 0 Å². The molecule has 0 unspecified atom stereocenters. The Morgan fingerprint density at radius 1 is 1.14 bits per heavy atom. The highest BCUT2D eigenvalue weighted by Gasteiger charge is 2.36. The van der Waals surface area contributed by atoms with Gasteiger partial charge in [-0.15, -0.1) is 0 Å². The van der Waals surface area contributed by atoms with Gasteiger partial charge in [0.2, 0.25) is 0 Å². The van der Waals surface area contributed by atoms with E-state index in [1.807, 2.05) is 0 Å². The predicted octanol–water partition coefficient (Wildman–Crippen LogP) is 2.75. The number of alkyl halides is 3. The molecule has 0 saturated heterocycles. The van der Waals surface area contributed by atoms with Crippen LogP contribution in [0.3, 0.4) is 0 Å². The van der Waals surface area contributed by atoms with Crippen LogP contribution in [0.5, 0.6) is 0 Å². The molecule has 0 aromatic carbocycles. The quantitative estimate of drug-likeness (QED) is 0.487. The molecule has 8 heteroatoms. The monoisotopic (exact) mass is 327 g/mol. The molecule has 1 aromatic rings. The van der Waals surface area contributed by atoms with E-state index in [1.165, 1.54) is 29.8 Å². The average Bonchev–Trinajstić information content (AvgIpc) is 2.25. The third kappa shape index (κ3) is 6.90. The maximum atomic E-state index is 10.7. The molecule has 1 rings (SSSR count). The van der Waals surface area contributed by atoms with Crippen LogP contribution in [0.25, 0.3) is 0 Å². The van der Waals surface area contributed by atoms with Gasteiger partial charge in [-0.1, -0.05) is 13.3 Å². The fourth-order valence-electron chi connectivity index (χ4n) is 1.80. The summed E-state index contributed by atoms with van der Waals surface area (Å²) in [4.78, 5) is 0. The molecule has 0 amide bonds. The fraction of sp³-hybridized carbons (Fsp3) is 0.615. The van der Waals surface area contributed by atoms with Crippen molar-refractivity contribution in [3.8, 4) is 0 Å². The van der Waals surface area contributed by atoms with Gasteiger partial charge in [-0.2, -0.15) is 13.2 Å². The SMILES string of the molecule is CCCC[n+]1c(C)cc(C)cc1C.O=S(=O)([O-])C(F)(F)F. The van der Waals surface area contributed by atoms with Crippen molar-refractivity contribution in [3.63, 3.8) is 0 Å². The summed E-state index contributed by atoms with van der Waals surface area (Å²) in [5.74, 6) is 0. The maximum Gasteiger partial charge on any atom is 0.485 e. The number of unbranched alkanes of at least 4 members (excludes halogenated alkanes) is 1. The first-order valence-electron chi connectivity index (χ1n) is 6.40. The zero-order chi connectivity index (χ0) is 16.8. The smallest absolute Gasteiger partial charge is 0.485 e. The van der Waals surface area contributed by atoms with Gasteiger partial charge < -0.3 is 4.55 Å². The first-order valence-corrected chi connectivity index (χ1v) is 7.80. The number of pyridine rings is 1. The molecule has 0 spiro atoms. The van der Waals surface area contributed by atoms with Gasteiger partial charge in [0.15, 0.2) is 21.5 Å². The van der Waals surface area contributed by atoms with Crippen LogP contribution >= 0.6 is 0 Å². The molecule has 1 aromatic heterocycles. The van der Waals surface area contributed by atoms with Crippen LogP contribution in [0.1, 0.15) is 36.7 Å². The lowest BCUT2D eigenvalue weighted by Crippen LogP contribution is -2.40. The molecule has 0 fully saturated rings. The molecule has 0 radical (unpaired) electrons. The number of hydrogen-bond acceptors (Lipinski definition) is 3. The Labute approximate surface area is 123 Å². The molecule has 0 bridgehead atoms. The van der Waals surface area contributed by atoms with Crippen molar-refractivity contribution in [2.24, 2.45) is 0 Å². The summed E-state index contributed by atoms with van der Waals surface area (Å²) >= 11 is 0. The van der Waals surface area contributed by atoms with E-state index in [4.69, 9.17) is 13.0 Å². The summed E-state index contributed by atoms with van der Waals surface area (Å²) in [5, 5.41) is 0. The summed E-state index contributed by atoms with van der Waals surface area (Å²) in [6, 6.07) is 4.51. The number of rotatable bonds is 3. The average molecular weight is 327 g/mol. The second-order valence-electron chi connectivity index (χ2n) is 4.72. The van der Waals surface area contributed by atoms with E-state index in [0.29, 0.717) is 0 Å². The van der Waals surface area contributed by atoms with E-state index in [0.717, 1.165) is 6.54 Å². The zero-order valence-corrected chi connectivity index (χ0v) is 13.3. The summed E-state index contributed by atoms with van der Waals surface area (Å²) in [7, 11) is -6.09. The van der Waals surface area contributed by atoms with Crippen molar-refractivity contribution >= 4 is 10.1 Å². The predicted molar refractivity (Wildman–Crippen MR) is 71.5 cm³/mol. The second kappa shape index (κ2) is 7.74. The number of nitrogens with zero attached hydrogens (tertiary/aromatic N) is 1. The van der Waals surface area contributed by atoms with Crippen molar-refractivity contribution in [2.75, 3.05) is 0 Å². The van der Waals surface area contributed by atoms with Gasteiger partial charge in [0.25, 0.3) is 0 Å². The lowest BCUT2D eigenvalue weighted by molar-refractivity contribution is -0.709. The van der Waals surface area contributed by atoms with Gasteiger partial charge in [0, 0.05) is 32.4 Å². The standard InChI is InChI=1S/C12H20N.CHF3O3S/c1-5-6-7-13-11(3)8-10(2)9-12(13)4;2-1(3,4)8(5,6)7/h8-9H,5-7H2,1-4H3;(H,5,6,7)/q+1;/p-1. The van der Waals surface area contributed by atoms with Crippen molar-refractivity contribution in [2.45, 2.75) is 52.6 Å². The summed E-state index contributed by atoms with van der Waals surface area (Å²) < 4.78 is 61.3. The molecule has 0 saturated carbocycles. The third-order valence-electron chi connectivity index (χ3n) is 2.74. The highest BCUT2D eigenvalue weighted by Crippen LogP contribution is 2.20. The van der Waals surface area contributed by atoms with Crippen LogP contribution in [0, 0.1) is 20.8 Å². The van der Waals surface area contributed by atoms with E-state index >= 15 is 0 Å². The van der Waals surface area contributed by atoms with Crippen LogP contribution in [0.2, 0.25) is 0 Å². The third-order valence-corrected chi connectivity index (χ3v) is 3.31. The normalized spacial score (nSPS) is 11.8. The van der Waals surface area contributed by atoms with Gasteiger partial charge in [-0.25, -0.2) is 13.0 Å². The number of hydrogen-bond donors (Lipinski definition) is 0. The lowest BCUT2D eigenvalue weighted by atomic mass is 10.2. The highest BCUT2D eigenvalue weighted by atomic mass is 32.2. The lowest BCUT2D eigenvalue weighted by Gasteiger charge is -2.08. The molecule has 4 nitrogen and oxygen atoms in total. The Kier molecular flexibility index (Phi) is 7.32. The molecular weight excluding hydrogens is 307 g/mol. The number of halogens is 3. The Balaban J connectivity index is 0.000000433. The molecule has 0 aliphatic carbocycles. The summed E-state index contributed by atoms with van der Waals surface area (Å²) in [5.41, 5.74) is -1.52. The Morgan fingerprint density at radius 3 is 1.81 bits per heavy atom. The molecule has 0 N–H and O–H groups in total. The first-order chi connectivity index (χ1) is 9.40. The van der Waals surface area contributed by atoms with Crippen molar-refractivity contribution in [3.05, 3.63) is 29.1 Å². The summed E-state index contributed by atoms with van der Waals surface area (Å²) in [6.45, 7) is 9.93. The number of aromatic nitrogens is 1. The molecule has 122 valence electrons. The molecule has 0 aliphatic rings. The minimum absolute atomic E-state index is 1.16. The van der Waals surface area contributed by atoms with E-state index in [1.54, 1.807) is 0 Å². The van der Waals surface area contributed by atoms with E-state index in [2.05, 4.69) is 44.4 Å². The largest absolute Gasteiger partial charge is 0.741 e. The molecular formula is C13H20F3NO3S. The molecule has 0 aliphatic heterocycles. The molecule has 0 atom stereocenters. The van der Waals surface area contributed by atoms with Gasteiger partial charge in [-0.3, -0.25) is 0 Å². The van der Waals surface area contributed by atoms with Gasteiger partial charge in [-0.05, 0) is 12.5 Å². The van der Waals surface area contributed by atoms with Gasteiger partial charge >= 0.3 is 5.51 Å². The van der Waals surface area contributed by atoms with E-state index in [9.17, 15) is 13.2 Å². The van der Waals surface area contributed by atoms with Crippen molar-refractivity contribution in [1.29, 1.82) is 0 Å². The fourth-order valence-corrected chi connectivity index (χ4v) is 1.80. The van der Waals surface area contributed by atoms with Crippen LogP contribution in [-0.4, -0.2) is 18.5 Å².